The Bertz CT molecular complexity index is 1420. The normalized spacial score (nSPS) is 22.5. The summed E-state index contributed by atoms with van der Waals surface area (Å²) in [7, 11) is -5.16. The van der Waals surface area contributed by atoms with Crippen molar-refractivity contribution in [2.75, 3.05) is 13.2 Å². The SMILES string of the molecule is CCCCC/C=C/C/C=C/C/C=C/C/C=C/C/C=C/CCC(=O)O[C@H](COC(=O)/C=C/C=C/CCCCCCCCCCCCC)COP(=O)(O)OC1C(O)C(O)C(O)[C@@H](O)C1O. The van der Waals surface area contributed by atoms with Crippen LogP contribution in [-0.2, 0) is 32.7 Å². The van der Waals surface area contributed by atoms with Crippen molar-refractivity contribution >= 4 is 19.8 Å². The number of allylic oxidation sites excluding steroid dienone is 13. The Labute approximate surface area is 378 Å². The van der Waals surface area contributed by atoms with Crippen LogP contribution in [0.1, 0.15) is 155 Å². The van der Waals surface area contributed by atoms with E-state index >= 15 is 0 Å². The first-order valence-electron chi connectivity index (χ1n) is 23.4. The maximum atomic E-state index is 12.8. The van der Waals surface area contributed by atoms with Crippen LogP contribution in [0, 0.1) is 0 Å². The molecule has 8 atom stereocenters. The van der Waals surface area contributed by atoms with Crippen molar-refractivity contribution in [1.29, 1.82) is 0 Å². The van der Waals surface area contributed by atoms with Gasteiger partial charge in [0.25, 0.3) is 0 Å². The first-order valence-corrected chi connectivity index (χ1v) is 24.9. The highest BCUT2D eigenvalue weighted by molar-refractivity contribution is 7.47. The highest BCUT2D eigenvalue weighted by atomic mass is 31.2. The average Bonchev–Trinajstić information content (AvgIpc) is 3.26. The number of unbranched alkanes of at least 4 members (excludes halogenated alkanes) is 14. The summed E-state index contributed by atoms with van der Waals surface area (Å²) < 4.78 is 33.2. The minimum atomic E-state index is -5.16. The van der Waals surface area contributed by atoms with Crippen LogP contribution in [0.5, 0.6) is 0 Å². The van der Waals surface area contributed by atoms with Crippen molar-refractivity contribution in [3.8, 4) is 0 Å². The van der Waals surface area contributed by atoms with Crippen LogP contribution >= 0.6 is 7.82 Å². The number of hydrogen-bond acceptors (Lipinski definition) is 12. The number of rotatable bonds is 37. The van der Waals surface area contributed by atoms with E-state index in [0.29, 0.717) is 12.8 Å². The predicted molar refractivity (Wildman–Crippen MR) is 248 cm³/mol. The van der Waals surface area contributed by atoms with Gasteiger partial charge in [0.1, 0.15) is 43.2 Å². The molecule has 0 aromatic rings. The van der Waals surface area contributed by atoms with Crippen molar-refractivity contribution in [1.82, 2.24) is 0 Å². The van der Waals surface area contributed by atoms with Crippen LogP contribution in [0.15, 0.2) is 85.1 Å². The molecule has 0 radical (unpaired) electrons. The molecule has 1 aliphatic rings. The molecule has 0 bridgehead atoms. The molecule has 1 saturated carbocycles. The summed E-state index contributed by atoms with van der Waals surface area (Å²) in [6, 6.07) is 0. The Hall–Kier alpha value is -2.97. The maximum Gasteiger partial charge on any atom is 0.472 e. The number of aliphatic hydroxyl groups excluding tert-OH is 5. The van der Waals surface area contributed by atoms with E-state index in [2.05, 4.69) is 56.4 Å². The summed E-state index contributed by atoms with van der Waals surface area (Å²) in [4.78, 5) is 35.5. The monoisotopic (exact) mass is 909 g/mol. The molecule has 63 heavy (non-hydrogen) atoms. The van der Waals surface area contributed by atoms with Gasteiger partial charge in [0, 0.05) is 12.5 Å². The van der Waals surface area contributed by atoms with Gasteiger partial charge in [-0.2, -0.15) is 0 Å². The molecule has 1 rings (SSSR count). The summed E-state index contributed by atoms with van der Waals surface area (Å²) in [5.74, 6) is -1.46. The zero-order chi connectivity index (χ0) is 46.4. The molecule has 0 saturated heterocycles. The quantitative estimate of drug-likeness (QED) is 0.00859. The summed E-state index contributed by atoms with van der Waals surface area (Å²) in [6.07, 6.45) is 37.1. The Morgan fingerprint density at radius 2 is 0.968 bits per heavy atom. The summed E-state index contributed by atoms with van der Waals surface area (Å²) in [5.41, 5.74) is 0. The Morgan fingerprint density at radius 3 is 1.51 bits per heavy atom. The largest absolute Gasteiger partial charge is 0.472 e. The van der Waals surface area contributed by atoms with Crippen molar-refractivity contribution in [2.24, 2.45) is 0 Å². The van der Waals surface area contributed by atoms with Gasteiger partial charge in [0.05, 0.1) is 6.61 Å². The fourth-order valence-corrected chi connectivity index (χ4v) is 7.51. The summed E-state index contributed by atoms with van der Waals surface area (Å²) in [6.45, 7) is 3.09. The minimum absolute atomic E-state index is 0.0504. The number of phosphoric acid groups is 1. The van der Waals surface area contributed by atoms with Crippen LogP contribution in [0.3, 0.4) is 0 Å². The molecular formula is C49H81O13P. The van der Waals surface area contributed by atoms with Gasteiger partial charge in [-0.15, -0.1) is 0 Å². The van der Waals surface area contributed by atoms with Crippen molar-refractivity contribution in [2.45, 2.75) is 198 Å². The van der Waals surface area contributed by atoms with E-state index in [1.165, 1.54) is 89.2 Å². The topological polar surface area (TPSA) is 210 Å². The van der Waals surface area contributed by atoms with E-state index in [4.69, 9.17) is 18.5 Å². The molecule has 360 valence electrons. The fourth-order valence-electron chi connectivity index (χ4n) is 6.54. The van der Waals surface area contributed by atoms with Crippen LogP contribution in [0.4, 0.5) is 0 Å². The molecule has 14 heteroatoms. The van der Waals surface area contributed by atoms with Gasteiger partial charge < -0.3 is 39.9 Å². The lowest BCUT2D eigenvalue weighted by Crippen LogP contribution is -2.64. The van der Waals surface area contributed by atoms with Gasteiger partial charge >= 0.3 is 19.8 Å². The van der Waals surface area contributed by atoms with E-state index in [1.54, 1.807) is 6.08 Å². The van der Waals surface area contributed by atoms with Gasteiger partial charge in [0.15, 0.2) is 6.10 Å². The van der Waals surface area contributed by atoms with Crippen LogP contribution < -0.4 is 0 Å². The molecule has 0 spiro atoms. The van der Waals surface area contributed by atoms with Gasteiger partial charge in [0.2, 0.25) is 0 Å². The van der Waals surface area contributed by atoms with Crippen molar-refractivity contribution < 1.29 is 63.1 Å². The molecule has 0 heterocycles. The van der Waals surface area contributed by atoms with Gasteiger partial charge in [-0.1, -0.05) is 170 Å². The Balaban J connectivity index is 2.57. The zero-order valence-corrected chi connectivity index (χ0v) is 39.0. The lowest BCUT2D eigenvalue weighted by molar-refractivity contribution is -0.220. The fraction of sp³-hybridized carbons (Fsp3) is 0.673. The second kappa shape index (κ2) is 38.3. The summed E-state index contributed by atoms with van der Waals surface area (Å²) >= 11 is 0. The Morgan fingerprint density at radius 1 is 0.540 bits per heavy atom. The summed E-state index contributed by atoms with van der Waals surface area (Å²) in [5, 5.41) is 50.1. The molecule has 13 nitrogen and oxygen atoms in total. The van der Waals surface area contributed by atoms with E-state index in [0.717, 1.165) is 44.9 Å². The van der Waals surface area contributed by atoms with E-state index in [-0.39, 0.29) is 6.42 Å². The lowest BCUT2D eigenvalue weighted by atomic mass is 9.85. The van der Waals surface area contributed by atoms with Gasteiger partial charge in [-0.3, -0.25) is 13.8 Å². The lowest BCUT2D eigenvalue weighted by Gasteiger charge is -2.41. The van der Waals surface area contributed by atoms with Crippen LogP contribution in [-0.4, -0.2) is 98.3 Å². The minimum Gasteiger partial charge on any atom is -0.458 e. The maximum absolute atomic E-state index is 12.8. The predicted octanol–water partition coefficient (Wildman–Crippen LogP) is 9.28. The molecule has 6 N–H and O–H groups in total. The average molecular weight is 909 g/mol. The molecule has 0 aromatic heterocycles. The molecule has 6 unspecified atom stereocenters. The first-order chi connectivity index (χ1) is 30.4. The number of carbonyl (C=O) groups is 2. The number of phosphoric ester groups is 1. The number of aliphatic hydroxyl groups is 5. The molecule has 1 fully saturated rings. The number of esters is 2. The van der Waals surface area contributed by atoms with E-state index < -0.39 is 75.7 Å². The molecule has 0 aliphatic heterocycles. The Kier molecular flexibility index (Phi) is 35.3. The number of hydrogen-bond donors (Lipinski definition) is 6. The standard InChI is InChI=1S/C49H81O13P/c1-3-5-7-9-11-13-15-17-19-20-21-22-24-26-28-30-32-34-36-38-43(51)61-41(40-60-63(57,58)62-49-47(55)45(53)44(52)46(54)48(49)56)39-59-42(50)37-35-33-31-29-27-25-23-18-16-14-12-10-8-6-4-2/h11,13,17,19,21-22,26,28,31-35,37,41,44-49,52-56H,3-10,12,14-16,18,20,23-25,27,29-30,36,38-40H2,1-2H3,(H,57,58)/b13-11+,19-17+,22-21+,28-26+,33-31+,34-32+,37-35+/t41-,44?,45-,46?,47?,48?,49?/m1/s1. The highest BCUT2D eigenvalue weighted by Crippen LogP contribution is 2.47. The van der Waals surface area contributed by atoms with E-state index in [9.17, 15) is 44.6 Å². The third-order valence-corrected chi connectivity index (χ3v) is 11.3. The van der Waals surface area contributed by atoms with Crippen molar-refractivity contribution in [3.63, 3.8) is 0 Å². The van der Waals surface area contributed by atoms with Crippen molar-refractivity contribution in [3.05, 3.63) is 85.1 Å². The molecule has 0 aromatic carbocycles. The van der Waals surface area contributed by atoms with Crippen LogP contribution in [0.2, 0.25) is 0 Å². The molecular weight excluding hydrogens is 828 g/mol. The first kappa shape index (κ1) is 58.0. The number of ether oxygens (including phenoxy) is 2. The van der Waals surface area contributed by atoms with E-state index in [1.807, 2.05) is 24.3 Å². The second-order valence-electron chi connectivity index (χ2n) is 16.0. The zero-order valence-electron chi connectivity index (χ0n) is 38.1. The number of carbonyl (C=O) groups excluding carboxylic acids is 2. The van der Waals surface area contributed by atoms with Gasteiger partial charge in [-0.05, 0) is 57.8 Å². The molecule has 0 amide bonds. The van der Waals surface area contributed by atoms with Crippen LogP contribution in [0.25, 0.3) is 0 Å². The third-order valence-electron chi connectivity index (χ3n) is 10.3. The second-order valence-corrected chi connectivity index (χ2v) is 17.4. The smallest absolute Gasteiger partial charge is 0.458 e. The highest BCUT2D eigenvalue weighted by Gasteiger charge is 2.51. The molecule has 1 aliphatic carbocycles. The van der Waals surface area contributed by atoms with Gasteiger partial charge in [-0.25, -0.2) is 9.36 Å². The third kappa shape index (κ3) is 30.7.